The van der Waals surface area contributed by atoms with Gasteiger partial charge in [0.1, 0.15) is 0 Å². The zero-order valence-corrected chi connectivity index (χ0v) is 86.0. The van der Waals surface area contributed by atoms with Crippen molar-refractivity contribution in [3.05, 3.63) is 246 Å². The second-order valence-corrected chi connectivity index (χ2v) is 46.1. The van der Waals surface area contributed by atoms with Gasteiger partial charge in [-0.2, -0.15) is 0 Å². The lowest BCUT2D eigenvalue weighted by Gasteiger charge is -2.32. The van der Waals surface area contributed by atoms with E-state index in [0.717, 1.165) is 78.7 Å². The molecule has 0 saturated carbocycles. The Labute approximate surface area is 740 Å². The molecule has 0 N–H and O–H groups in total. The van der Waals surface area contributed by atoms with Crippen molar-refractivity contribution in [2.75, 3.05) is 0 Å². The van der Waals surface area contributed by atoms with E-state index >= 15 is 0 Å². The van der Waals surface area contributed by atoms with Gasteiger partial charge in [-0.15, -0.1) is 0 Å². The summed E-state index contributed by atoms with van der Waals surface area (Å²) < 4.78 is 50.8. The highest BCUT2D eigenvalue weighted by atomic mass is 14.4. The molecule has 7 aromatic rings. The molecule has 0 spiro atoms. The summed E-state index contributed by atoms with van der Waals surface area (Å²) in [6.45, 7) is 105. The number of benzene rings is 7. The van der Waals surface area contributed by atoms with E-state index in [9.17, 15) is 0 Å². The smallest absolute Gasteiger partial charge is 0.0352 e. The second-order valence-electron chi connectivity index (χ2n) is 46.1. The molecule has 0 saturated heterocycles. The molecular formula is C117H192. The lowest BCUT2D eigenvalue weighted by Crippen LogP contribution is -2.23. The summed E-state index contributed by atoms with van der Waals surface area (Å²) in [5.41, 5.74) is 25.7. The maximum Gasteiger partial charge on any atom is 0.0352 e. The highest BCUT2D eigenvalue weighted by molar-refractivity contribution is 5.47. The molecule has 2 unspecified atom stereocenters. The van der Waals surface area contributed by atoms with Crippen LogP contribution in [0.5, 0.6) is 0 Å². The SMILES string of the molecule is CC(C)(C)c1cc(C(C)(C)C)cc(C(C)(C)C)c1.CC(C)(C)c1ccc(C(C)(C)C)c(C(C)(C)C)c1.CC(C)(C)c1ccccc1C(C)(C)C.CCC(CC)c1ccccc1C(C)(C)C.[2H]C(CC)(CC)c1cccc(C([2H])(CC)CC)c1C(C)(C)C.[2H]C(CC)(CC)c1ccccc1C(C)(C)C.[2H]CC([2H])(C)c1cc(C(C)(C)C)cc(C([2H])(C)CC)c1. The Morgan fingerprint density at radius 3 is 0.795 bits per heavy atom. The van der Waals surface area contributed by atoms with Gasteiger partial charge in [0.05, 0.1) is 0 Å². The van der Waals surface area contributed by atoms with Crippen molar-refractivity contribution in [2.24, 2.45) is 0 Å². The Kier molecular flexibility index (Phi) is 38.0. The van der Waals surface area contributed by atoms with Crippen molar-refractivity contribution >= 4 is 0 Å². The summed E-state index contributed by atoms with van der Waals surface area (Å²) in [5.74, 6) is -2.37. The van der Waals surface area contributed by atoms with E-state index < -0.39 is 29.5 Å². The van der Waals surface area contributed by atoms with E-state index in [1.807, 2.05) is 26.0 Å². The maximum absolute atomic E-state index is 8.93. The predicted molar refractivity (Wildman–Crippen MR) is 536 cm³/mol. The van der Waals surface area contributed by atoms with Gasteiger partial charge in [0.2, 0.25) is 0 Å². The second kappa shape index (κ2) is 45.1. The van der Waals surface area contributed by atoms with Crippen molar-refractivity contribution in [3.8, 4) is 0 Å². The lowest BCUT2D eigenvalue weighted by molar-refractivity contribution is 0.523. The Bertz CT molecular complexity index is 4130. The predicted octanol–water partition coefficient (Wildman–Crippen LogP) is 37.6. The Morgan fingerprint density at radius 2 is 0.504 bits per heavy atom. The van der Waals surface area contributed by atoms with Crippen LogP contribution in [0, 0.1) is 0 Å². The average molecular weight is 1600 g/mol. The van der Waals surface area contributed by atoms with E-state index in [4.69, 9.17) is 8.22 Å². The molecule has 0 aliphatic carbocycles. The van der Waals surface area contributed by atoms with Crippen molar-refractivity contribution in [3.63, 3.8) is 0 Å². The van der Waals surface area contributed by atoms with Crippen LogP contribution in [0.15, 0.2) is 146 Å². The van der Waals surface area contributed by atoms with Crippen LogP contribution < -0.4 is 0 Å². The molecule has 0 aliphatic heterocycles. The first-order valence-corrected chi connectivity index (χ1v) is 46.0. The molecule has 7 rings (SSSR count). The molecule has 0 bridgehead atoms. The van der Waals surface area contributed by atoms with Gasteiger partial charge in [-0.25, -0.2) is 0 Å². The van der Waals surface area contributed by atoms with Gasteiger partial charge in [0.25, 0.3) is 0 Å². The molecule has 0 aromatic heterocycles. The van der Waals surface area contributed by atoms with Crippen molar-refractivity contribution in [2.45, 2.75) is 490 Å². The van der Waals surface area contributed by atoms with E-state index in [1.165, 1.54) is 79.6 Å². The molecule has 7 aromatic carbocycles. The summed E-state index contributed by atoms with van der Waals surface area (Å²) >= 11 is 0. The molecule has 0 radical (unpaired) electrons. The zero-order chi connectivity index (χ0) is 96.5. The highest BCUT2D eigenvalue weighted by Crippen LogP contribution is 2.44. The molecule has 0 fully saturated rings. The van der Waals surface area contributed by atoms with E-state index in [2.05, 4.69) is 438 Å². The van der Waals surface area contributed by atoms with Crippen LogP contribution in [0.3, 0.4) is 0 Å². The lowest BCUT2D eigenvalue weighted by atomic mass is 9.73. The van der Waals surface area contributed by atoms with Crippen LogP contribution in [0.25, 0.3) is 0 Å². The van der Waals surface area contributed by atoms with Gasteiger partial charge in [-0.05, 0) is 258 Å². The number of rotatable bonds is 15. The van der Waals surface area contributed by atoms with Crippen LogP contribution in [-0.4, -0.2) is 0 Å². The Hall–Kier alpha value is -5.46. The van der Waals surface area contributed by atoms with Crippen LogP contribution in [0.1, 0.15) is 534 Å². The first-order valence-electron chi connectivity index (χ1n) is 49.2. The Balaban J connectivity index is 0.000000721. The number of hydrogen-bond acceptors (Lipinski definition) is 0. The quantitative estimate of drug-likeness (QED) is 0.0960. The summed E-state index contributed by atoms with van der Waals surface area (Å²) in [4.78, 5) is 0. The zero-order valence-electron chi connectivity index (χ0n) is 92.0. The third-order valence-electron chi connectivity index (χ3n) is 23.3. The van der Waals surface area contributed by atoms with E-state index in [1.54, 1.807) is 12.5 Å². The largest absolute Gasteiger partial charge is 0.0648 e. The first kappa shape index (κ1) is 98.7. The van der Waals surface area contributed by atoms with Gasteiger partial charge in [-0.3, -0.25) is 0 Å². The monoisotopic (exact) mass is 1600 g/mol. The third-order valence-corrected chi connectivity index (χ3v) is 23.3. The van der Waals surface area contributed by atoms with Gasteiger partial charge in [0, 0.05) is 8.22 Å². The number of hydrogen-bond donors (Lipinski definition) is 0. The van der Waals surface area contributed by atoms with E-state index in [-0.39, 0.29) is 71.9 Å². The van der Waals surface area contributed by atoms with Crippen molar-refractivity contribution < 1.29 is 8.22 Å². The van der Waals surface area contributed by atoms with Gasteiger partial charge in [0.15, 0.2) is 0 Å². The summed E-state index contributed by atoms with van der Waals surface area (Å²) in [6, 6.07) is 52.7. The minimum absolute atomic E-state index is 0.0211. The van der Waals surface area contributed by atoms with Crippen LogP contribution in [-0.2, 0) is 65.0 Å². The fourth-order valence-corrected chi connectivity index (χ4v) is 15.3. The standard InChI is InChI=1S/C20H34.2C18H30.C17H28.2C15H24.C14H22/c1-8-15(9-2)17-13-12-14-18(16(10-3)11-4)19(17)20(5,6)7;1-16(2,3)13-10-14(17(4,5)6)12-15(11-13)18(7,8)9;1-16(2,3)13-10-11-14(17(4,5)6)15(12-13)18(7,8)9;1-8-13(4)15-9-14(12(2)3)10-16(11-15)17(5,6)7;2*1-6-12(7-2)13-10-8-9-11-14(13)15(3,4)5;1-13(2,3)11-9-7-8-10-12(11)14(4,5)6/h12-16H,8-11H2,1-7H3;2*10-12H,1-9H3;9-13H,8H2,1-7H3;2*8-12H,6-7H2,1-5H3;7-10H,1-6H3/i15D,16D;;;2D,12D,13D;12D;;. The minimum atomic E-state index is -0.917. The summed E-state index contributed by atoms with van der Waals surface area (Å²) in [6.07, 6.45) is 8.17. The Morgan fingerprint density at radius 1 is 0.231 bits per heavy atom. The van der Waals surface area contributed by atoms with Crippen molar-refractivity contribution in [1.82, 2.24) is 0 Å². The average Bonchev–Trinajstić information content (AvgIpc) is 0.746. The molecule has 660 valence electrons. The fraction of sp³-hybridized carbons (Fsp3) is 0.641. The molecule has 0 nitrogen and oxygen atoms in total. The van der Waals surface area contributed by atoms with E-state index in [0.29, 0.717) is 0 Å². The fourth-order valence-electron chi connectivity index (χ4n) is 15.3. The molecule has 0 heteroatoms. The summed E-state index contributed by atoms with van der Waals surface area (Å²) in [7, 11) is 0. The molecule has 0 aliphatic rings. The molecule has 2 atom stereocenters. The third kappa shape index (κ3) is 35.1. The molecule has 0 amide bonds. The normalized spacial score (nSPS) is 14.9. The molecule has 0 heterocycles. The van der Waals surface area contributed by atoms with Gasteiger partial charge >= 0.3 is 0 Å². The van der Waals surface area contributed by atoms with Crippen LogP contribution >= 0.6 is 0 Å². The first-order chi connectivity index (χ1) is 55.3. The van der Waals surface area contributed by atoms with Gasteiger partial charge < -0.3 is 0 Å². The minimum Gasteiger partial charge on any atom is -0.0648 e. The molecular weight excluding hydrogens is 1410 g/mol. The van der Waals surface area contributed by atoms with Crippen molar-refractivity contribution in [1.29, 1.82) is 0 Å². The molecule has 117 heavy (non-hydrogen) atoms. The van der Waals surface area contributed by atoms with Gasteiger partial charge in [-0.1, -0.05) is 478 Å². The topological polar surface area (TPSA) is 0 Å². The van der Waals surface area contributed by atoms with Crippen LogP contribution in [0.4, 0.5) is 0 Å². The van der Waals surface area contributed by atoms with Crippen LogP contribution in [0.2, 0.25) is 0 Å². The maximum atomic E-state index is 8.93. The highest BCUT2D eigenvalue weighted by Gasteiger charge is 2.32. The summed E-state index contributed by atoms with van der Waals surface area (Å²) in [5, 5.41) is 0.